The average molecular weight is 289 g/mol. The van der Waals surface area contributed by atoms with Crippen molar-refractivity contribution in [1.82, 2.24) is 9.88 Å². The van der Waals surface area contributed by atoms with Gasteiger partial charge in [-0.25, -0.2) is 13.8 Å². The summed E-state index contributed by atoms with van der Waals surface area (Å²) in [6.07, 6.45) is -0.274. The van der Waals surface area contributed by atoms with E-state index < -0.39 is 11.8 Å². The van der Waals surface area contributed by atoms with Crippen molar-refractivity contribution in [2.45, 2.75) is 26.2 Å². The number of halogens is 2. The van der Waals surface area contributed by atoms with Crippen LogP contribution in [0.2, 0.25) is 0 Å². The van der Waals surface area contributed by atoms with E-state index in [-0.39, 0.29) is 25.4 Å². The van der Waals surface area contributed by atoms with E-state index in [0.717, 1.165) is 6.54 Å². The van der Waals surface area contributed by atoms with Crippen LogP contribution in [0.25, 0.3) is 0 Å². The molecule has 1 aromatic rings. The number of amides is 1. The average Bonchev–Trinajstić information content (AvgIpc) is 2.81. The number of hydrogen-bond acceptors (Lipinski definition) is 4. The van der Waals surface area contributed by atoms with Crippen molar-refractivity contribution in [3.63, 3.8) is 0 Å². The maximum atomic E-state index is 13.4. The van der Waals surface area contributed by atoms with Gasteiger partial charge >= 0.3 is 0 Å². The summed E-state index contributed by atoms with van der Waals surface area (Å²) in [4.78, 5) is 17.8. The minimum atomic E-state index is -2.67. The van der Waals surface area contributed by atoms with E-state index in [9.17, 15) is 13.6 Å². The predicted octanol–water partition coefficient (Wildman–Crippen LogP) is 2.69. The number of carbonyl (C=O) groups is 1. The molecule has 1 saturated heterocycles. The van der Waals surface area contributed by atoms with E-state index in [2.05, 4.69) is 10.3 Å². The summed E-state index contributed by atoms with van der Waals surface area (Å²) in [6.45, 7) is 4.32. The number of nitrogens with one attached hydrogen (secondary N) is 1. The highest BCUT2D eigenvalue weighted by Gasteiger charge is 2.42. The van der Waals surface area contributed by atoms with E-state index in [1.165, 1.54) is 23.2 Å². The quantitative estimate of drug-likeness (QED) is 0.930. The van der Waals surface area contributed by atoms with Crippen molar-refractivity contribution < 1.29 is 13.6 Å². The molecule has 2 heterocycles. The van der Waals surface area contributed by atoms with E-state index >= 15 is 0 Å². The lowest BCUT2D eigenvalue weighted by Crippen LogP contribution is -2.48. The van der Waals surface area contributed by atoms with Crippen LogP contribution in [0.5, 0.6) is 0 Å². The minimum absolute atomic E-state index is 0.0832. The molecule has 4 nitrogen and oxygen atoms in total. The zero-order valence-corrected chi connectivity index (χ0v) is 11.8. The molecule has 0 saturated carbocycles. The number of nitrogens with zero attached hydrogens (tertiary/aromatic N) is 2. The van der Waals surface area contributed by atoms with Crippen molar-refractivity contribution >= 4 is 22.4 Å². The number of rotatable bonds is 3. The number of likely N-dealkylation sites (tertiary alicyclic amines) is 1. The Balaban J connectivity index is 2.03. The van der Waals surface area contributed by atoms with Gasteiger partial charge < -0.3 is 10.2 Å². The van der Waals surface area contributed by atoms with Crippen LogP contribution in [0.4, 0.5) is 13.9 Å². The Bertz CT molecular complexity index is 464. The highest BCUT2D eigenvalue weighted by Crippen LogP contribution is 2.33. The molecule has 0 radical (unpaired) electrons. The third-order valence-electron chi connectivity index (χ3n) is 3.27. The van der Waals surface area contributed by atoms with Crippen LogP contribution < -0.4 is 5.32 Å². The second kappa shape index (κ2) is 5.40. The molecule has 1 atom stereocenters. The summed E-state index contributed by atoms with van der Waals surface area (Å²) < 4.78 is 26.8. The summed E-state index contributed by atoms with van der Waals surface area (Å²) in [7, 11) is 0. The third kappa shape index (κ3) is 3.02. The number of aromatic nitrogens is 1. The molecule has 1 fully saturated rings. The monoisotopic (exact) mass is 289 g/mol. The summed E-state index contributed by atoms with van der Waals surface area (Å²) in [5, 5.41) is 5.37. The molecule has 0 spiro atoms. The van der Waals surface area contributed by atoms with Gasteiger partial charge in [0, 0.05) is 37.4 Å². The largest absolute Gasteiger partial charge is 0.362 e. The van der Waals surface area contributed by atoms with Gasteiger partial charge in [-0.2, -0.15) is 0 Å². The normalized spacial score (nSPS) is 22.3. The number of piperidine rings is 1. The molecule has 2 rings (SSSR count). The lowest BCUT2D eigenvalue weighted by molar-refractivity contribution is -0.0921. The number of thiazole rings is 1. The molecule has 0 aliphatic carbocycles. The van der Waals surface area contributed by atoms with Crippen molar-refractivity contribution in [3.05, 3.63) is 11.1 Å². The van der Waals surface area contributed by atoms with Crippen LogP contribution in [-0.2, 0) is 0 Å². The van der Waals surface area contributed by atoms with E-state index in [0.29, 0.717) is 10.8 Å². The third-order valence-corrected chi connectivity index (χ3v) is 4.07. The Labute approximate surface area is 114 Å². The van der Waals surface area contributed by atoms with Crippen LogP contribution in [0, 0.1) is 5.92 Å². The molecule has 1 aliphatic rings. The van der Waals surface area contributed by atoms with Gasteiger partial charge in [-0.3, -0.25) is 4.79 Å². The first kappa shape index (κ1) is 14.2. The Kier molecular flexibility index (Phi) is 4.03. The van der Waals surface area contributed by atoms with Crippen molar-refractivity contribution in [2.24, 2.45) is 5.92 Å². The first-order valence-corrected chi connectivity index (χ1v) is 7.18. The van der Waals surface area contributed by atoms with Gasteiger partial charge in [-0.15, -0.1) is 11.3 Å². The Morgan fingerprint density at radius 2 is 2.42 bits per heavy atom. The van der Waals surface area contributed by atoms with Gasteiger partial charge in [-0.1, -0.05) is 6.92 Å². The zero-order chi connectivity index (χ0) is 14.0. The molecule has 1 unspecified atom stereocenters. The van der Waals surface area contributed by atoms with Crippen molar-refractivity contribution in [2.75, 3.05) is 25.0 Å². The highest BCUT2D eigenvalue weighted by molar-refractivity contribution is 7.13. The van der Waals surface area contributed by atoms with Gasteiger partial charge in [0.15, 0.2) is 5.13 Å². The second-order valence-electron chi connectivity index (χ2n) is 4.73. The maximum absolute atomic E-state index is 13.4. The molecule has 106 valence electrons. The SMILES string of the molecule is CCNc1nc(C(=O)N2CCC(F)(F)C(C)C2)cs1. The molecule has 7 heteroatoms. The number of alkyl halides is 2. The van der Waals surface area contributed by atoms with E-state index in [1.54, 1.807) is 5.38 Å². The Morgan fingerprint density at radius 1 is 1.68 bits per heavy atom. The van der Waals surface area contributed by atoms with Crippen LogP contribution in [-0.4, -0.2) is 41.3 Å². The maximum Gasteiger partial charge on any atom is 0.273 e. The van der Waals surface area contributed by atoms with Crippen molar-refractivity contribution in [3.8, 4) is 0 Å². The fraction of sp³-hybridized carbons (Fsp3) is 0.667. The first-order chi connectivity index (χ1) is 8.94. The fourth-order valence-electron chi connectivity index (χ4n) is 2.04. The van der Waals surface area contributed by atoms with Crippen molar-refractivity contribution in [1.29, 1.82) is 0 Å². The van der Waals surface area contributed by atoms with Gasteiger partial charge in [0.1, 0.15) is 5.69 Å². The first-order valence-electron chi connectivity index (χ1n) is 6.30. The number of carbonyl (C=O) groups excluding carboxylic acids is 1. The molecule has 0 bridgehead atoms. The molecular formula is C12H17F2N3OS. The summed E-state index contributed by atoms with van der Waals surface area (Å²) >= 11 is 1.35. The van der Waals surface area contributed by atoms with Gasteiger partial charge in [0.25, 0.3) is 11.8 Å². The second-order valence-corrected chi connectivity index (χ2v) is 5.59. The summed E-state index contributed by atoms with van der Waals surface area (Å²) in [6, 6.07) is 0. The lowest BCUT2D eigenvalue weighted by atomic mass is 9.95. The summed E-state index contributed by atoms with van der Waals surface area (Å²) in [5.74, 6) is -3.74. The standard InChI is InChI=1S/C12H17F2N3OS/c1-3-15-11-16-9(7-19-11)10(18)17-5-4-12(13,14)8(2)6-17/h7-8H,3-6H2,1-2H3,(H,15,16). The van der Waals surface area contributed by atoms with Crippen LogP contribution >= 0.6 is 11.3 Å². The molecule has 19 heavy (non-hydrogen) atoms. The molecule has 1 aliphatic heterocycles. The smallest absolute Gasteiger partial charge is 0.273 e. The van der Waals surface area contributed by atoms with Crippen LogP contribution in [0.3, 0.4) is 0 Å². The fourth-order valence-corrected chi connectivity index (χ4v) is 2.79. The zero-order valence-electron chi connectivity index (χ0n) is 10.9. The molecule has 1 amide bonds. The lowest BCUT2D eigenvalue weighted by Gasteiger charge is -2.36. The van der Waals surface area contributed by atoms with Crippen LogP contribution in [0.1, 0.15) is 30.8 Å². The van der Waals surface area contributed by atoms with Crippen LogP contribution in [0.15, 0.2) is 5.38 Å². The number of anilines is 1. The molecular weight excluding hydrogens is 272 g/mol. The number of hydrogen-bond donors (Lipinski definition) is 1. The highest BCUT2D eigenvalue weighted by atomic mass is 32.1. The van der Waals surface area contributed by atoms with Gasteiger partial charge in [0.05, 0.1) is 0 Å². The molecule has 1 aromatic heterocycles. The molecule has 0 aromatic carbocycles. The predicted molar refractivity (Wildman–Crippen MR) is 70.9 cm³/mol. The molecule has 1 N–H and O–H groups in total. The van der Waals surface area contributed by atoms with Gasteiger partial charge in [0.2, 0.25) is 0 Å². The van der Waals surface area contributed by atoms with Gasteiger partial charge in [-0.05, 0) is 6.92 Å². The Morgan fingerprint density at radius 3 is 3.05 bits per heavy atom. The van der Waals surface area contributed by atoms with E-state index in [4.69, 9.17) is 0 Å². The minimum Gasteiger partial charge on any atom is -0.362 e. The Hall–Kier alpha value is -1.24. The summed E-state index contributed by atoms with van der Waals surface area (Å²) in [5.41, 5.74) is 0.332. The topological polar surface area (TPSA) is 45.2 Å². The van der Waals surface area contributed by atoms with E-state index in [1.807, 2.05) is 6.92 Å².